The fraction of sp³-hybridized carbons (Fsp3) is 0.562. The molecule has 0 aromatic heterocycles. The molecule has 4 heteroatoms. The van der Waals surface area contributed by atoms with Crippen molar-refractivity contribution in [3.8, 4) is 0 Å². The molecule has 1 fully saturated rings. The normalized spacial score (nSPS) is 30.1. The van der Waals surface area contributed by atoms with Crippen molar-refractivity contribution in [2.75, 3.05) is 13.2 Å². The minimum Gasteiger partial charge on any atom is -0.480 e. The Kier molecular flexibility index (Phi) is 3.52. The first-order chi connectivity index (χ1) is 9.69. The molecule has 1 saturated heterocycles. The van der Waals surface area contributed by atoms with E-state index < -0.39 is 11.5 Å². The average molecular weight is 275 g/mol. The van der Waals surface area contributed by atoms with Crippen LogP contribution in [0.25, 0.3) is 0 Å². The number of benzene rings is 1. The van der Waals surface area contributed by atoms with Crippen molar-refractivity contribution >= 4 is 5.97 Å². The Hall–Kier alpha value is -1.39. The summed E-state index contributed by atoms with van der Waals surface area (Å²) in [6.07, 6.45) is 2.32. The van der Waals surface area contributed by atoms with E-state index in [9.17, 15) is 9.90 Å². The molecule has 1 aromatic carbocycles. The highest BCUT2D eigenvalue weighted by atomic mass is 16.5. The lowest BCUT2D eigenvalue weighted by atomic mass is 9.89. The molecule has 2 atom stereocenters. The standard InChI is InChI=1S/C16H21NO3/c1-2-16(15(18)19)8-5-9-17(16)14-11-20-10-12-6-3-4-7-13(12)14/h3-4,6-7,14H,2,5,8-11H2,1H3,(H,18,19). The van der Waals surface area contributed by atoms with Gasteiger partial charge in [-0.15, -0.1) is 0 Å². The summed E-state index contributed by atoms with van der Waals surface area (Å²) in [6.45, 7) is 4.03. The van der Waals surface area contributed by atoms with E-state index in [4.69, 9.17) is 4.74 Å². The molecular weight excluding hydrogens is 254 g/mol. The molecule has 20 heavy (non-hydrogen) atoms. The maximum Gasteiger partial charge on any atom is 0.324 e. The number of aliphatic carboxylic acids is 1. The van der Waals surface area contributed by atoms with Crippen LogP contribution in [-0.4, -0.2) is 34.7 Å². The summed E-state index contributed by atoms with van der Waals surface area (Å²) in [6, 6.07) is 8.30. The zero-order valence-corrected chi connectivity index (χ0v) is 11.8. The van der Waals surface area contributed by atoms with Crippen LogP contribution in [0.2, 0.25) is 0 Å². The highest BCUT2D eigenvalue weighted by Crippen LogP contribution is 2.41. The maximum atomic E-state index is 11.8. The van der Waals surface area contributed by atoms with Crippen molar-refractivity contribution in [2.24, 2.45) is 0 Å². The molecule has 3 rings (SSSR count). The molecule has 2 aliphatic heterocycles. The molecule has 1 N–H and O–H groups in total. The molecule has 0 aliphatic carbocycles. The van der Waals surface area contributed by atoms with E-state index >= 15 is 0 Å². The van der Waals surface area contributed by atoms with Crippen LogP contribution in [0.3, 0.4) is 0 Å². The van der Waals surface area contributed by atoms with Gasteiger partial charge in [-0.25, -0.2) is 0 Å². The van der Waals surface area contributed by atoms with E-state index in [0.717, 1.165) is 19.4 Å². The lowest BCUT2D eigenvalue weighted by Crippen LogP contribution is -2.52. The van der Waals surface area contributed by atoms with Crippen LogP contribution in [0, 0.1) is 0 Å². The van der Waals surface area contributed by atoms with Gasteiger partial charge in [-0.05, 0) is 30.4 Å². The number of carbonyl (C=O) groups is 1. The number of carboxylic acid groups (broad SMARTS) is 1. The van der Waals surface area contributed by atoms with Crippen LogP contribution in [0.1, 0.15) is 43.4 Å². The number of hydrogen-bond acceptors (Lipinski definition) is 3. The third-order valence-electron chi connectivity index (χ3n) is 4.85. The van der Waals surface area contributed by atoms with Crippen molar-refractivity contribution in [2.45, 2.75) is 44.4 Å². The number of hydrogen-bond donors (Lipinski definition) is 1. The van der Waals surface area contributed by atoms with E-state index in [1.165, 1.54) is 11.1 Å². The Morgan fingerprint density at radius 1 is 1.50 bits per heavy atom. The zero-order chi connectivity index (χ0) is 14.2. The predicted molar refractivity (Wildman–Crippen MR) is 75.4 cm³/mol. The summed E-state index contributed by atoms with van der Waals surface area (Å²) in [7, 11) is 0. The monoisotopic (exact) mass is 275 g/mol. The SMILES string of the molecule is CCC1(C(=O)O)CCCN1C1COCc2ccccc21. The summed E-state index contributed by atoms with van der Waals surface area (Å²) >= 11 is 0. The molecule has 1 aromatic rings. The first-order valence-corrected chi connectivity index (χ1v) is 7.35. The second-order valence-corrected chi connectivity index (χ2v) is 5.72. The number of rotatable bonds is 3. The van der Waals surface area contributed by atoms with Crippen molar-refractivity contribution in [3.05, 3.63) is 35.4 Å². The third kappa shape index (κ3) is 1.95. The third-order valence-corrected chi connectivity index (χ3v) is 4.85. The number of nitrogens with zero attached hydrogens (tertiary/aromatic N) is 1. The number of ether oxygens (including phenoxy) is 1. The van der Waals surface area contributed by atoms with Gasteiger partial charge in [0.1, 0.15) is 5.54 Å². The van der Waals surface area contributed by atoms with Crippen LogP contribution >= 0.6 is 0 Å². The van der Waals surface area contributed by atoms with Gasteiger partial charge in [0.25, 0.3) is 0 Å². The lowest BCUT2D eigenvalue weighted by Gasteiger charge is -2.41. The fourth-order valence-corrected chi connectivity index (χ4v) is 3.73. The van der Waals surface area contributed by atoms with Gasteiger partial charge < -0.3 is 9.84 Å². The molecule has 4 nitrogen and oxygen atoms in total. The predicted octanol–water partition coefficient (Wildman–Crippen LogP) is 2.59. The Labute approximate surface area is 119 Å². The molecule has 0 saturated carbocycles. The lowest BCUT2D eigenvalue weighted by molar-refractivity contribution is -0.153. The highest BCUT2D eigenvalue weighted by molar-refractivity contribution is 5.79. The van der Waals surface area contributed by atoms with Crippen molar-refractivity contribution in [1.29, 1.82) is 0 Å². The molecular formula is C16H21NO3. The van der Waals surface area contributed by atoms with Gasteiger partial charge in [0.2, 0.25) is 0 Å². The summed E-state index contributed by atoms with van der Waals surface area (Å²) in [4.78, 5) is 14.0. The van der Waals surface area contributed by atoms with Crippen LogP contribution in [0.5, 0.6) is 0 Å². The highest BCUT2D eigenvalue weighted by Gasteiger charge is 2.49. The molecule has 0 radical (unpaired) electrons. The molecule has 2 aliphatic rings. The number of fused-ring (bicyclic) bond motifs is 1. The van der Waals surface area contributed by atoms with Gasteiger partial charge in [-0.1, -0.05) is 31.2 Å². The van der Waals surface area contributed by atoms with E-state index in [-0.39, 0.29) is 6.04 Å². The van der Waals surface area contributed by atoms with Crippen LogP contribution < -0.4 is 0 Å². The van der Waals surface area contributed by atoms with Gasteiger partial charge in [-0.2, -0.15) is 0 Å². The van der Waals surface area contributed by atoms with E-state index in [1.54, 1.807) is 0 Å². The maximum absolute atomic E-state index is 11.8. The molecule has 0 bridgehead atoms. The number of carboxylic acids is 1. The molecule has 108 valence electrons. The van der Waals surface area contributed by atoms with Gasteiger partial charge in [-0.3, -0.25) is 9.69 Å². The Balaban J connectivity index is 1.99. The Morgan fingerprint density at radius 2 is 2.30 bits per heavy atom. The van der Waals surface area contributed by atoms with Gasteiger partial charge >= 0.3 is 5.97 Å². The summed E-state index contributed by atoms with van der Waals surface area (Å²) in [5, 5.41) is 9.73. The molecule has 0 spiro atoms. The smallest absolute Gasteiger partial charge is 0.324 e. The van der Waals surface area contributed by atoms with Gasteiger partial charge in [0.05, 0.1) is 19.3 Å². The Bertz CT molecular complexity index is 516. The summed E-state index contributed by atoms with van der Waals surface area (Å²) < 4.78 is 5.70. The summed E-state index contributed by atoms with van der Waals surface area (Å²) in [5.41, 5.74) is 1.70. The average Bonchev–Trinajstić information content (AvgIpc) is 2.91. The van der Waals surface area contributed by atoms with Crippen LogP contribution in [-0.2, 0) is 16.1 Å². The number of likely N-dealkylation sites (tertiary alicyclic amines) is 1. The van der Waals surface area contributed by atoms with E-state index in [2.05, 4.69) is 17.0 Å². The molecule has 0 amide bonds. The van der Waals surface area contributed by atoms with E-state index in [1.807, 2.05) is 19.1 Å². The first kappa shape index (κ1) is 13.6. The zero-order valence-electron chi connectivity index (χ0n) is 11.8. The molecule has 2 heterocycles. The fourth-order valence-electron chi connectivity index (χ4n) is 3.73. The van der Waals surface area contributed by atoms with Crippen LogP contribution in [0.15, 0.2) is 24.3 Å². The topological polar surface area (TPSA) is 49.8 Å². The van der Waals surface area contributed by atoms with Gasteiger partial charge in [0.15, 0.2) is 0 Å². The molecule has 2 unspecified atom stereocenters. The second-order valence-electron chi connectivity index (χ2n) is 5.72. The second kappa shape index (κ2) is 5.19. The van der Waals surface area contributed by atoms with Gasteiger partial charge in [0, 0.05) is 6.54 Å². The van der Waals surface area contributed by atoms with Crippen molar-refractivity contribution in [1.82, 2.24) is 4.90 Å². The van der Waals surface area contributed by atoms with Crippen LogP contribution in [0.4, 0.5) is 0 Å². The minimum absolute atomic E-state index is 0.0681. The van der Waals surface area contributed by atoms with Crippen molar-refractivity contribution in [3.63, 3.8) is 0 Å². The van der Waals surface area contributed by atoms with Crippen molar-refractivity contribution < 1.29 is 14.6 Å². The minimum atomic E-state index is -0.724. The quantitative estimate of drug-likeness (QED) is 0.921. The van der Waals surface area contributed by atoms with E-state index in [0.29, 0.717) is 19.6 Å². The first-order valence-electron chi connectivity index (χ1n) is 7.35. The Morgan fingerprint density at radius 3 is 3.05 bits per heavy atom. The largest absolute Gasteiger partial charge is 0.480 e. The summed E-state index contributed by atoms with van der Waals surface area (Å²) in [5.74, 6) is -0.694.